The third-order valence-corrected chi connectivity index (χ3v) is 5.21. The van der Waals surface area contributed by atoms with Crippen LogP contribution in [0.3, 0.4) is 0 Å². The van der Waals surface area contributed by atoms with Gasteiger partial charge >= 0.3 is 5.97 Å². The van der Waals surface area contributed by atoms with E-state index >= 15 is 0 Å². The van der Waals surface area contributed by atoms with Crippen LogP contribution in [0, 0.1) is 0 Å². The van der Waals surface area contributed by atoms with Gasteiger partial charge in [0.2, 0.25) is 0 Å². The van der Waals surface area contributed by atoms with Crippen molar-refractivity contribution in [2.45, 2.75) is 129 Å². The molecule has 0 aromatic carbocycles. The Morgan fingerprint density at radius 3 is 1.64 bits per heavy atom. The fourth-order valence-corrected chi connectivity index (χ4v) is 3.37. The maximum Gasteiger partial charge on any atom is 0.305 e. The van der Waals surface area contributed by atoms with Crippen molar-refractivity contribution < 1.29 is 14.6 Å². The minimum atomic E-state index is -0.122. The number of unbranched alkanes of at least 4 members (excludes halogenated alkanes) is 15. The van der Waals surface area contributed by atoms with E-state index in [1.807, 2.05) is 0 Å². The molecule has 1 N–H and O–H groups in total. The molecule has 0 radical (unpaired) electrons. The predicted molar refractivity (Wildman–Crippen MR) is 121 cm³/mol. The summed E-state index contributed by atoms with van der Waals surface area (Å²) in [6.45, 7) is 2.71. The van der Waals surface area contributed by atoms with Crippen LogP contribution in [0.25, 0.3) is 0 Å². The number of ether oxygens (including phenoxy) is 1. The first kappa shape index (κ1) is 27.2. The lowest BCUT2D eigenvalue weighted by molar-refractivity contribution is -0.144. The summed E-state index contributed by atoms with van der Waals surface area (Å²) in [5.41, 5.74) is 0. The average molecular weight is 397 g/mol. The van der Waals surface area contributed by atoms with Crippen LogP contribution < -0.4 is 0 Å². The maximum absolute atomic E-state index is 11.4. The van der Waals surface area contributed by atoms with Crippen molar-refractivity contribution >= 4 is 5.97 Å². The van der Waals surface area contributed by atoms with Crippen molar-refractivity contribution in [3.05, 3.63) is 12.2 Å². The first-order chi connectivity index (χ1) is 13.8. The van der Waals surface area contributed by atoms with Crippen LogP contribution in [0.4, 0.5) is 0 Å². The molecule has 0 amide bonds. The maximum atomic E-state index is 11.4. The van der Waals surface area contributed by atoms with Crippen LogP contribution in [-0.4, -0.2) is 24.3 Å². The summed E-state index contributed by atoms with van der Waals surface area (Å²) in [5, 5.41) is 8.63. The van der Waals surface area contributed by atoms with Crippen LogP contribution in [0.2, 0.25) is 0 Å². The van der Waals surface area contributed by atoms with Gasteiger partial charge in [-0.3, -0.25) is 4.79 Å². The van der Waals surface area contributed by atoms with Crippen molar-refractivity contribution in [2.24, 2.45) is 0 Å². The molecule has 3 nitrogen and oxygen atoms in total. The Kier molecular flexibility index (Phi) is 23.5. The Hall–Kier alpha value is -0.830. The summed E-state index contributed by atoms with van der Waals surface area (Å²) in [4.78, 5) is 11.4. The second-order valence-electron chi connectivity index (χ2n) is 8.05. The van der Waals surface area contributed by atoms with E-state index in [4.69, 9.17) is 9.84 Å². The SMILES string of the molecule is CCCCCCCCCCCCC=CCCCCCCCC(=O)OCCCO. The summed E-state index contributed by atoms with van der Waals surface area (Å²) in [7, 11) is 0. The fourth-order valence-electron chi connectivity index (χ4n) is 3.37. The molecule has 0 unspecified atom stereocenters. The van der Waals surface area contributed by atoms with E-state index in [0.717, 1.165) is 12.8 Å². The molecule has 0 rings (SSSR count). The van der Waals surface area contributed by atoms with Crippen molar-refractivity contribution in [1.82, 2.24) is 0 Å². The number of allylic oxidation sites excluding steroid dienone is 2. The van der Waals surface area contributed by atoms with E-state index in [-0.39, 0.29) is 12.6 Å². The number of carbonyl (C=O) groups excluding carboxylic acids is 1. The van der Waals surface area contributed by atoms with E-state index in [9.17, 15) is 4.79 Å². The molecule has 0 saturated heterocycles. The smallest absolute Gasteiger partial charge is 0.305 e. The fraction of sp³-hybridized carbons (Fsp3) is 0.880. The molecule has 0 aliphatic heterocycles. The van der Waals surface area contributed by atoms with E-state index < -0.39 is 0 Å². The Bertz CT molecular complexity index is 339. The Morgan fingerprint density at radius 2 is 1.14 bits per heavy atom. The molecule has 0 heterocycles. The lowest BCUT2D eigenvalue weighted by Gasteiger charge is -2.03. The van der Waals surface area contributed by atoms with Crippen molar-refractivity contribution in [1.29, 1.82) is 0 Å². The van der Waals surface area contributed by atoms with Gasteiger partial charge in [-0.1, -0.05) is 96.1 Å². The third-order valence-electron chi connectivity index (χ3n) is 5.21. The number of hydrogen-bond donors (Lipinski definition) is 1. The van der Waals surface area contributed by atoms with E-state index in [1.54, 1.807) is 0 Å². The minimum Gasteiger partial charge on any atom is -0.466 e. The van der Waals surface area contributed by atoms with Gasteiger partial charge in [-0.05, 0) is 32.1 Å². The number of hydrogen-bond acceptors (Lipinski definition) is 3. The Morgan fingerprint density at radius 1 is 0.679 bits per heavy atom. The van der Waals surface area contributed by atoms with E-state index in [2.05, 4.69) is 19.1 Å². The molecule has 0 aliphatic carbocycles. The summed E-state index contributed by atoms with van der Waals surface area (Å²) in [6.07, 6.45) is 28.1. The van der Waals surface area contributed by atoms with Crippen LogP contribution in [0.5, 0.6) is 0 Å². The molecule has 0 spiro atoms. The number of rotatable bonds is 22. The van der Waals surface area contributed by atoms with Gasteiger partial charge in [0.25, 0.3) is 0 Å². The molecular formula is C25H48O3. The van der Waals surface area contributed by atoms with Gasteiger partial charge in [-0.15, -0.1) is 0 Å². The summed E-state index contributed by atoms with van der Waals surface area (Å²) in [6, 6.07) is 0. The molecule has 0 fully saturated rings. The van der Waals surface area contributed by atoms with Gasteiger partial charge in [0, 0.05) is 19.4 Å². The molecule has 0 bridgehead atoms. The lowest BCUT2D eigenvalue weighted by Crippen LogP contribution is -2.06. The number of aliphatic hydroxyl groups excluding tert-OH is 1. The molecule has 28 heavy (non-hydrogen) atoms. The summed E-state index contributed by atoms with van der Waals surface area (Å²) >= 11 is 0. The number of esters is 1. The van der Waals surface area contributed by atoms with E-state index in [1.165, 1.54) is 96.3 Å². The lowest BCUT2D eigenvalue weighted by atomic mass is 10.1. The van der Waals surface area contributed by atoms with Crippen molar-refractivity contribution in [3.8, 4) is 0 Å². The number of aliphatic hydroxyl groups is 1. The van der Waals surface area contributed by atoms with Crippen LogP contribution in [0.15, 0.2) is 12.2 Å². The van der Waals surface area contributed by atoms with Gasteiger partial charge in [-0.2, -0.15) is 0 Å². The Balaban J connectivity index is 3.15. The highest BCUT2D eigenvalue weighted by Crippen LogP contribution is 2.12. The zero-order valence-corrected chi connectivity index (χ0v) is 18.8. The molecule has 166 valence electrons. The molecule has 0 aromatic heterocycles. The van der Waals surface area contributed by atoms with Gasteiger partial charge < -0.3 is 9.84 Å². The second-order valence-corrected chi connectivity index (χ2v) is 8.05. The quantitative estimate of drug-likeness (QED) is 0.117. The van der Waals surface area contributed by atoms with Crippen molar-refractivity contribution in [3.63, 3.8) is 0 Å². The highest BCUT2D eigenvalue weighted by atomic mass is 16.5. The summed E-state index contributed by atoms with van der Waals surface area (Å²) in [5.74, 6) is -0.122. The standard InChI is InChI=1S/C25H48O3/c1-2-3-4-5-6-7-8-9-10-11-12-13-14-15-16-17-18-19-20-22-25(27)28-24-21-23-26/h13-14,26H,2-12,15-24H2,1H3. The van der Waals surface area contributed by atoms with Crippen LogP contribution in [-0.2, 0) is 9.53 Å². The van der Waals surface area contributed by atoms with Crippen LogP contribution >= 0.6 is 0 Å². The molecular weight excluding hydrogens is 348 g/mol. The van der Waals surface area contributed by atoms with Gasteiger partial charge in [0.15, 0.2) is 0 Å². The van der Waals surface area contributed by atoms with Crippen LogP contribution in [0.1, 0.15) is 129 Å². The average Bonchev–Trinajstić information content (AvgIpc) is 2.70. The third kappa shape index (κ3) is 23.2. The first-order valence-corrected chi connectivity index (χ1v) is 12.2. The molecule has 0 aliphatic rings. The first-order valence-electron chi connectivity index (χ1n) is 12.2. The zero-order chi connectivity index (χ0) is 20.5. The van der Waals surface area contributed by atoms with Gasteiger partial charge in [0.05, 0.1) is 6.61 Å². The second kappa shape index (κ2) is 24.2. The molecule has 0 atom stereocenters. The van der Waals surface area contributed by atoms with E-state index in [0.29, 0.717) is 19.4 Å². The largest absolute Gasteiger partial charge is 0.466 e. The monoisotopic (exact) mass is 396 g/mol. The Labute approximate surface area is 175 Å². The molecule has 0 aromatic rings. The highest BCUT2D eigenvalue weighted by molar-refractivity contribution is 5.69. The van der Waals surface area contributed by atoms with Gasteiger partial charge in [-0.25, -0.2) is 0 Å². The minimum absolute atomic E-state index is 0.0843. The normalized spacial score (nSPS) is 11.4. The predicted octanol–water partition coefficient (Wildman–Crippen LogP) is 7.51. The van der Waals surface area contributed by atoms with Gasteiger partial charge in [0.1, 0.15) is 0 Å². The van der Waals surface area contributed by atoms with Crippen molar-refractivity contribution in [2.75, 3.05) is 13.2 Å². The number of carbonyl (C=O) groups is 1. The molecule has 0 saturated carbocycles. The summed E-state index contributed by atoms with van der Waals surface area (Å²) < 4.78 is 5.01. The zero-order valence-electron chi connectivity index (χ0n) is 18.8. The topological polar surface area (TPSA) is 46.5 Å². The molecule has 3 heteroatoms. The highest BCUT2D eigenvalue weighted by Gasteiger charge is 2.01.